The van der Waals surface area contributed by atoms with Gasteiger partial charge in [0.05, 0.1) is 7.11 Å². The number of methoxy groups -OCH3 is 1. The van der Waals surface area contributed by atoms with E-state index in [1.807, 2.05) is 36.4 Å². The number of halogens is 1. The second kappa shape index (κ2) is 7.50. The van der Waals surface area contributed by atoms with Crippen LogP contribution in [0.5, 0.6) is 5.75 Å². The van der Waals surface area contributed by atoms with E-state index in [1.165, 1.54) is 6.08 Å². The normalized spacial score (nSPS) is 10.6. The highest BCUT2D eigenvalue weighted by Gasteiger charge is 1.98. The van der Waals surface area contributed by atoms with E-state index in [-0.39, 0.29) is 5.91 Å². The molecule has 3 nitrogen and oxygen atoms in total. The molecule has 0 aliphatic carbocycles. The van der Waals surface area contributed by atoms with Gasteiger partial charge in [-0.1, -0.05) is 35.9 Å². The summed E-state index contributed by atoms with van der Waals surface area (Å²) in [6, 6.07) is 14.9. The molecule has 108 valence electrons. The SMILES string of the molecule is COc1ccc(CNC(=O)C=Cc2ccc(Cl)cc2)cc1. The molecular formula is C17H16ClNO2. The Morgan fingerprint density at radius 1 is 1.14 bits per heavy atom. The minimum Gasteiger partial charge on any atom is -0.497 e. The number of hydrogen-bond acceptors (Lipinski definition) is 2. The zero-order chi connectivity index (χ0) is 15.1. The Kier molecular flexibility index (Phi) is 5.41. The van der Waals surface area contributed by atoms with Gasteiger partial charge in [0.1, 0.15) is 5.75 Å². The molecule has 0 fully saturated rings. The number of rotatable bonds is 5. The largest absolute Gasteiger partial charge is 0.497 e. The highest BCUT2D eigenvalue weighted by molar-refractivity contribution is 6.30. The molecule has 2 aromatic rings. The van der Waals surface area contributed by atoms with Crippen LogP contribution in [-0.4, -0.2) is 13.0 Å². The van der Waals surface area contributed by atoms with E-state index in [4.69, 9.17) is 16.3 Å². The number of benzene rings is 2. The van der Waals surface area contributed by atoms with Crippen LogP contribution in [0.4, 0.5) is 0 Å². The van der Waals surface area contributed by atoms with Crippen molar-refractivity contribution in [2.75, 3.05) is 7.11 Å². The van der Waals surface area contributed by atoms with E-state index in [9.17, 15) is 4.79 Å². The molecule has 0 bridgehead atoms. The molecule has 21 heavy (non-hydrogen) atoms. The van der Waals surface area contributed by atoms with E-state index < -0.39 is 0 Å². The van der Waals surface area contributed by atoms with Gasteiger partial charge < -0.3 is 10.1 Å². The zero-order valence-corrected chi connectivity index (χ0v) is 12.4. The lowest BCUT2D eigenvalue weighted by Gasteiger charge is -2.04. The van der Waals surface area contributed by atoms with Crippen LogP contribution in [0, 0.1) is 0 Å². The van der Waals surface area contributed by atoms with Gasteiger partial charge in [-0.25, -0.2) is 0 Å². The maximum Gasteiger partial charge on any atom is 0.244 e. The highest BCUT2D eigenvalue weighted by atomic mass is 35.5. The maximum atomic E-state index is 11.7. The van der Waals surface area contributed by atoms with Gasteiger partial charge in [-0.15, -0.1) is 0 Å². The molecule has 0 heterocycles. The molecule has 0 atom stereocenters. The quantitative estimate of drug-likeness (QED) is 0.856. The average Bonchev–Trinajstić information content (AvgIpc) is 2.53. The lowest BCUT2D eigenvalue weighted by atomic mass is 10.2. The van der Waals surface area contributed by atoms with Crippen LogP contribution in [0.2, 0.25) is 5.02 Å². The van der Waals surface area contributed by atoms with Gasteiger partial charge in [-0.05, 0) is 41.5 Å². The van der Waals surface area contributed by atoms with Crippen molar-refractivity contribution >= 4 is 23.6 Å². The minimum absolute atomic E-state index is 0.138. The van der Waals surface area contributed by atoms with Crippen LogP contribution in [0.25, 0.3) is 6.08 Å². The van der Waals surface area contributed by atoms with Gasteiger partial charge in [0.15, 0.2) is 0 Å². The van der Waals surface area contributed by atoms with Crippen molar-refractivity contribution in [2.24, 2.45) is 0 Å². The topological polar surface area (TPSA) is 38.3 Å². The summed E-state index contributed by atoms with van der Waals surface area (Å²) in [5, 5.41) is 3.50. The summed E-state index contributed by atoms with van der Waals surface area (Å²) in [7, 11) is 1.62. The van der Waals surface area contributed by atoms with Crippen molar-refractivity contribution in [3.63, 3.8) is 0 Å². The van der Waals surface area contributed by atoms with E-state index in [0.29, 0.717) is 11.6 Å². The standard InChI is InChI=1S/C17H16ClNO2/c1-21-16-9-4-14(5-10-16)12-19-17(20)11-6-13-2-7-15(18)8-3-13/h2-11H,12H2,1H3,(H,19,20). The van der Waals surface area contributed by atoms with E-state index >= 15 is 0 Å². The summed E-state index contributed by atoms with van der Waals surface area (Å²) in [6.45, 7) is 0.480. The van der Waals surface area contributed by atoms with Gasteiger partial charge in [0, 0.05) is 17.6 Å². The Bertz CT molecular complexity index is 618. The Morgan fingerprint density at radius 2 is 1.81 bits per heavy atom. The molecule has 2 rings (SSSR count). The van der Waals surface area contributed by atoms with Crippen molar-refractivity contribution in [3.05, 3.63) is 70.8 Å². The maximum absolute atomic E-state index is 11.7. The van der Waals surface area contributed by atoms with Crippen molar-refractivity contribution in [1.29, 1.82) is 0 Å². The fourth-order valence-corrected chi connectivity index (χ4v) is 1.86. The van der Waals surface area contributed by atoms with E-state index in [2.05, 4.69) is 5.32 Å². The van der Waals surface area contributed by atoms with Gasteiger partial charge in [0.25, 0.3) is 0 Å². The lowest BCUT2D eigenvalue weighted by molar-refractivity contribution is -0.116. The molecule has 0 unspecified atom stereocenters. The second-order valence-electron chi connectivity index (χ2n) is 4.45. The Morgan fingerprint density at radius 3 is 2.43 bits per heavy atom. The molecule has 0 saturated heterocycles. The first kappa shape index (κ1) is 15.1. The molecule has 4 heteroatoms. The van der Waals surface area contributed by atoms with Crippen LogP contribution in [0.15, 0.2) is 54.6 Å². The summed E-state index contributed by atoms with van der Waals surface area (Å²) >= 11 is 5.80. The number of carbonyl (C=O) groups is 1. The van der Waals surface area contributed by atoms with Crippen molar-refractivity contribution in [3.8, 4) is 5.75 Å². The molecule has 0 saturated carbocycles. The van der Waals surface area contributed by atoms with Crippen LogP contribution in [0.3, 0.4) is 0 Å². The van der Waals surface area contributed by atoms with Crippen LogP contribution in [0.1, 0.15) is 11.1 Å². The van der Waals surface area contributed by atoms with Crippen LogP contribution in [-0.2, 0) is 11.3 Å². The fourth-order valence-electron chi connectivity index (χ4n) is 1.74. The monoisotopic (exact) mass is 301 g/mol. The number of nitrogens with one attached hydrogen (secondary N) is 1. The lowest BCUT2D eigenvalue weighted by Crippen LogP contribution is -2.20. The first-order chi connectivity index (χ1) is 10.2. The summed E-state index contributed by atoms with van der Waals surface area (Å²) in [6.07, 6.45) is 3.26. The number of hydrogen-bond donors (Lipinski definition) is 1. The molecule has 2 aromatic carbocycles. The van der Waals surface area contributed by atoms with Crippen molar-refractivity contribution in [2.45, 2.75) is 6.54 Å². The molecule has 0 spiro atoms. The molecule has 0 aliphatic heterocycles. The molecule has 1 amide bonds. The third-order valence-corrected chi connectivity index (χ3v) is 3.17. The molecule has 0 aromatic heterocycles. The fraction of sp³-hybridized carbons (Fsp3) is 0.118. The highest BCUT2D eigenvalue weighted by Crippen LogP contribution is 2.11. The molecule has 1 N–H and O–H groups in total. The smallest absolute Gasteiger partial charge is 0.244 e. The van der Waals surface area contributed by atoms with Gasteiger partial charge in [-0.2, -0.15) is 0 Å². The van der Waals surface area contributed by atoms with Crippen molar-refractivity contribution in [1.82, 2.24) is 5.32 Å². The summed E-state index contributed by atoms with van der Waals surface area (Å²) in [5.74, 6) is 0.661. The third-order valence-electron chi connectivity index (χ3n) is 2.92. The van der Waals surface area contributed by atoms with Gasteiger partial charge >= 0.3 is 0 Å². The number of carbonyl (C=O) groups excluding carboxylic acids is 1. The second-order valence-corrected chi connectivity index (χ2v) is 4.89. The summed E-state index contributed by atoms with van der Waals surface area (Å²) in [4.78, 5) is 11.7. The molecular weight excluding hydrogens is 286 g/mol. The van der Waals surface area contributed by atoms with Gasteiger partial charge in [-0.3, -0.25) is 4.79 Å². The van der Waals surface area contributed by atoms with Gasteiger partial charge in [0.2, 0.25) is 5.91 Å². The van der Waals surface area contributed by atoms with Crippen LogP contribution >= 0.6 is 11.6 Å². The molecule has 0 radical (unpaired) electrons. The Hall–Kier alpha value is -2.26. The van der Waals surface area contributed by atoms with E-state index in [0.717, 1.165) is 16.9 Å². The van der Waals surface area contributed by atoms with Crippen LogP contribution < -0.4 is 10.1 Å². The summed E-state index contributed by atoms with van der Waals surface area (Å²) < 4.78 is 5.08. The first-order valence-corrected chi connectivity index (χ1v) is 6.89. The predicted molar refractivity (Wildman–Crippen MR) is 85.3 cm³/mol. The average molecular weight is 302 g/mol. The first-order valence-electron chi connectivity index (χ1n) is 6.52. The predicted octanol–water partition coefficient (Wildman–Crippen LogP) is 3.68. The summed E-state index contributed by atoms with van der Waals surface area (Å²) in [5.41, 5.74) is 1.95. The van der Waals surface area contributed by atoms with Crippen molar-refractivity contribution < 1.29 is 9.53 Å². The number of ether oxygens (including phenoxy) is 1. The Balaban J connectivity index is 1.85. The third kappa shape index (κ3) is 4.97. The van der Waals surface area contributed by atoms with E-state index in [1.54, 1.807) is 25.3 Å². The zero-order valence-electron chi connectivity index (χ0n) is 11.7. The number of amides is 1. The molecule has 0 aliphatic rings. The Labute approximate surface area is 129 Å². The minimum atomic E-state index is -0.138.